The van der Waals surface area contributed by atoms with Crippen molar-refractivity contribution in [2.24, 2.45) is 5.11 Å². The van der Waals surface area contributed by atoms with Crippen molar-refractivity contribution in [1.82, 2.24) is 0 Å². The van der Waals surface area contributed by atoms with E-state index in [4.69, 9.17) is 5.53 Å². The van der Waals surface area contributed by atoms with Gasteiger partial charge in [-0.15, -0.1) is 0 Å². The number of rotatable bonds is 3. The maximum absolute atomic E-state index is 11.9. The predicted molar refractivity (Wildman–Crippen MR) is 80.7 cm³/mol. The third kappa shape index (κ3) is 3.65. The van der Waals surface area contributed by atoms with Crippen LogP contribution in [0.3, 0.4) is 0 Å². The van der Waals surface area contributed by atoms with Crippen molar-refractivity contribution in [2.75, 3.05) is 10.6 Å². The minimum atomic E-state index is -0.432. The molecule has 7 nitrogen and oxygen atoms in total. The Balaban J connectivity index is 2.16. The Morgan fingerprint density at radius 1 is 1.19 bits per heavy atom. The van der Waals surface area contributed by atoms with Crippen molar-refractivity contribution in [3.05, 3.63) is 58.5 Å². The van der Waals surface area contributed by atoms with Crippen LogP contribution in [0.15, 0.2) is 47.6 Å². The molecule has 7 heteroatoms. The number of phenols is 1. The average Bonchev–Trinajstić information content (AvgIpc) is 2.45. The second-order valence-electron chi connectivity index (χ2n) is 4.30. The van der Waals surface area contributed by atoms with Gasteiger partial charge in [-0.3, -0.25) is 0 Å². The normalized spacial score (nSPS) is 9.57. The van der Waals surface area contributed by atoms with Crippen molar-refractivity contribution in [2.45, 2.75) is 6.92 Å². The highest BCUT2D eigenvalue weighted by molar-refractivity contribution is 6.00. The average molecular weight is 283 g/mol. The number of nitrogens with one attached hydrogen (secondary N) is 2. The SMILES string of the molecule is Cc1cc(NC(=O)Nc2ccccc2)cc(N=[N+]=[N-])c1O. The number of carbonyl (C=O) groups is 1. The zero-order chi connectivity index (χ0) is 15.2. The molecule has 0 unspecified atom stereocenters. The van der Waals surface area contributed by atoms with Gasteiger partial charge < -0.3 is 15.7 Å². The van der Waals surface area contributed by atoms with Crippen LogP contribution >= 0.6 is 0 Å². The summed E-state index contributed by atoms with van der Waals surface area (Å²) in [6, 6.07) is 11.5. The van der Waals surface area contributed by atoms with E-state index in [-0.39, 0.29) is 11.4 Å². The lowest BCUT2D eigenvalue weighted by atomic mass is 10.1. The summed E-state index contributed by atoms with van der Waals surface area (Å²) in [6.45, 7) is 1.64. The van der Waals surface area contributed by atoms with Crippen LogP contribution in [0.25, 0.3) is 10.4 Å². The van der Waals surface area contributed by atoms with Crippen molar-refractivity contribution in [1.29, 1.82) is 0 Å². The lowest BCUT2D eigenvalue weighted by molar-refractivity contribution is 0.262. The Morgan fingerprint density at radius 3 is 2.52 bits per heavy atom. The molecule has 0 aliphatic heterocycles. The lowest BCUT2D eigenvalue weighted by Crippen LogP contribution is -2.19. The summed E-state index contributed by atoms with van der Waals surface area (Å²) in [5.74, 6) is -0.109. The molecule has 3 N–H and O–H groups in total. The Kier molecular flexibility index (Phi) is 4.28. The zero-order valence-electron chi connectivity index (χ0n) is 11.2. The number of carbonyl (C=O) groups excluding carboxylic acids is 1. The van der Waals surface area contributed by atoms with Gasteiger partial charge in [-0.05, 0) is 42.3 Å². The molecule has 0 aliphatic rings. The standard InChI is InChI=1S/C14H13N5O2/c1-9-7-11(8-12(13(9)20)18-19-15)17-14(21)16-10-5-3-2-4-6-10/h2-8,20H,1H3,(H2,16,17,21). The Morgan fingerprint density at radius 2 is 1.86 bits per heavy atom. The number of benzene rings is 2. The van der Waals surface area contributed by atoms with Gasteiger partial charge in [-0.25, -0.2) is 4.79 Å². The van der Waals surface area contributed by atoms with Crippen LogP contribution in [0.1, 0.15) is 5.56 Å². The predicted octanol–water partition coefficient (Wildman–Crippen LogP) is 4.29. The van der Waals surface area contributed by atoms with E-state index in [1.165, 1.54) is 6.07 Å². The summed E-state index contributed by atoms with van der Waals surface area (Å²) in [5.41, 5.74) is 10.1. The van der Waals surface area contributed by atoms with Crippen molar-refractivity contribution in [3.8, 4) is 5.75 Å². The summed E-state index contributed by atoms with van der Waals surface area (Å²) in [6.07, 6.45) is 0. The third-order valence-corrected chi connectivity index (χ3v) is 2.72. The molecule has 0 fully saturated rings. The fourth-order valence-electron chi connectivity index (χ4n) is 1.77. The summed E-state index contributed by atoms with van der Waals surface area (Å²) >= 11 is 0. The second-order valence-corrected chi connectivity index (χ2v) is 4.30. The maximum atomic E-state index is 11.9. The van der Waals surface area contributed by atoms with Crippen molar-refractivity contribution in [3.63, 3.8) is 0 Å². The van der Waals surface area contributed by atoms with Crippen LogP contribution in [0.5, 0.6) is 5.75 Å². The number of azide groups is 1. The molecule has 0 aromatic heterocycles. The van der Waals surface area contributed by atoms with Crippen LogP contribution in [-0.2, 0) is 0 Å². The minimum Gasteiger partial charge on any atom is -0.507 e. The molecule has 2 rings (SSSR count). The van der Waals surface area contributed by atoms with Gasteiger partial charge in [0.25, 0.3) is 0 Å². The number of hydrogen-bond acceptors (Lipinski definition) is 3. The van der Waals surface area contributed by atoms with Gasteiger partial charge in [0, 0.05) is 16.3 Å². The quantitative estimate of drug-likeness (QED) is 0.338. The first-order valence-electron chi connectivity index (χ1n) is 6.12. The van der Waals surface area contributed by atoms with Crippen molar-refractivity contribution >= 4 is 23.1 Å². The number of para-hydroxylation sites is 1. The van der Waals surface area contributed by atoms with E-state index in [2.05, 4.69) is 20.7 Å². The molecule has 0 aliphatic carbocycles. The fraction of sp³-hybridized carbons (Fsp3) is 0.0714. The molecule has 2 amide bonds. The number of hydrogen-bond donors (Lipinski definition) is 3. The molecule has 2 aromatic carbocycles. The summed E-state index contributed by atoms with van der Waals surface area (Å²) in [7, 11) is 0. The first-order chi connectivity index (χ1) is 10.1. The summed E-state index contributed by atoms with van der Waals surface area (Å²) in [5, 5.41) is 18.4. The van der Waals surface area contributed by atoms with Gasteiger partial charge in [-0.2, -0.15) is 0 Å². The second kappa shape index (κ2) is 6.31. The van der Waals surface area contributed by atoms with Gasteiger partial charge in [-0.1, -0.05) is 23.3 Å². The first kappa shape index (κ1) is 14.2. The van der Waals surface area contributed by atoms with E-state index in [1.54, 1.807) is 37.3 Å². The van der Waals surface area contributed by atoms with E-state index < -0.39 is 6.03 Å². The summed E-state index contributed by atoms with van der Waals surface area (Å²) < 4.78 is 0. The number of phenolic OH excluding ortho intramolecular Hbond substituents is 1. The van der Waals surface area contributed by atoms with Gasteiger partial charge in [0.2, 0.25) is 0 Å². The van der Waals surface area contributed by atoms with Crippen LogP contribution in [-0.4, -0.2) is 11.1 Å². The number of anilines is 2. The first-order valence-corrected chi connectivity index (χ1v) is 6.12. The highest BCUT2D eigenvalue weighted by atomic mass is 16.3. The Labute approximate surface area is 120 Å². The fourth-order valence-corrected chi connectivity index (χ4v) is 1.77. The summed E-state index contributed by atoms with van der Waals surface area (Å²) in [4.78, 5) is 14.5. The smallest absolute Gasteiger partial charge is 0.323 e. The number of nitrogens with zero attached hydrogens (tertiary/aromatic N) is 3. The van der Waals surface area contributed by atoms with Crippen LogP contribution in [0, 0.1) is 6.92 Å². The monoisotopic (exact) mass is 283 g/mol. The molecule has 0 saturated carbocycles. The van der Waals surface area contributed by atoms with Crippen LogP contribution < -0.4 is 10.6 Å². The van der Waals surface area contributed by atoms with Crippen LogP contribution in [0.4, 0.5) is 21.9 Å². The minimum absolute atomic E-state index is 0.0625. The molecule has 2 aromatic rings. The van der Waals surface area contributed by atoms with Crippen LogP contribution in [0.2, 0.25) is 0 Å². The topological polar surface area (TPSA) is 110 Å². The van der Waals surface area contributed by atoms with E-state index in [9.17, 15) is 9.90 Å². The number of aromatic hydroxyl groups is 1. The zero-order valence-corrected chi connectivity index (χ0v) is 11.2. The van der Waals surface area contributed by atoms with Gasteiger partial charge in [0.1, 0.15) is 5.75 Å². The highest BCUT2D eigenvalue weighted by Gasteiger charge is 2.08. The van der Waals surface area contributed by atoms with E-state index in [0.717, 1.165) is 0 Å². The molecule has 0 radical (unpaired) electrons. The molecule has 21 heavy (non-hydrogen) atoms. The Bertz CT molecular complexity index is 709. The number of aryl methyl sites for hydroxylation is 1. The molecule has 0 heterocycles. The van der Waals surface area contributed by atoms with Gasteiger partial charge in [0.15, 0.2) is 0 Å². The molecule has 0 atom stereocenters. The number of amides is 2. The third-order valence-electron chi connectivity index (χ3n) is 2.72. The van der Waals surface area contributed by atoms with E-state index >= 15 is 0 Å². The molecule has 0 spiro atoms. The number of urea groups is 1. The highest BCUT2D eigenvalue weighted by Crippen LogP contribution is 2.33. The molecular weight excluding hydrogens is 270 g/mol. The van der Waals surface area contributed by atoms with E-state index in [0.29, 0.717) is 16.9 Å². The molecule has 106 valence electrons. The molecular formula is C14H13N5O2. The lowest BCUT2D eigenvalue weighted by Gasteiger charge is -2.10. The van der Waals surface area contributed by atoms with Crippen molar-refractivity contribution < 1.29 is 9.90 Å². The maximum Gasteiger partial charge on any atom is 0.323 e. The van der Waals surface area contributed by atoms with Gasteiger partial charge in [0.05, 0.1) is 5.69 Å². The largest absolute Gasteiger partial charge is 0.507 e. The molecule has 0 bridgehead atoms. The molecule has 0 saturated heterocycles. The van der Waals surface area contributed by atoms with Gasteiger partial charge >= 0.3 is 6.03 Å². The Hall–Kier alpha value is -3.18. The van der Waals surface area contributed by atoms with E-state index in [1.807, 2.05) is 6.07 Å².